The zero-order chi connectivity index (χ0) is 20.8. The Morgan fingerprint density at radius 3 is 2.62 bits per heavy atom. The molecule has 7 nitrogen and oxygen atoms in total. The van der Waals surface area contributed by atoms with Crippen LogP contribution in [0.4, 0.5) is 13.2 Å². The number of fused-ring (bicyclic) bond motifs is 1. The summed E-state index contributed by atoms with van der Waals surface area (Å²) in [5.74, 6) is -0.700. The van der Waals surface area contributed by atoms with Gasteiger partial charge in [-0.25, -0.2) is 9.78 Å². The topological polar surface area (TPSA) is 69.4 Å². The number of aryl methyl sites for hydroxylation is 1. The largest absolute Gasteiger partial charge is 0.573 e. The summed E-state index contributed by atoms with van der Waals surface area (Å²) >= 11 is 0. The molecule has 1 saturated heterocycles. The maximum absolute atomic E-state index is 12.7. The molecular formula is C19H17F3N4O3. The van der Waals surface area contributed by atoms with Crippen molar-refractivity contribution in [1.29, 1.82) is 0 Å². The molecule has 1 atom stereocenters. The minimum Gasteiger partial charge on any atom is -0.406 e. The Balaban J connectivity index is 1.53. The van der Waals surface area contributed by atoms with Crippen molar-refractivity contribution in [2.24, 2.45) is 7.05 Å². The van der Waals surface area contributed by atoms with Crippen molar-refractivity contribution in [2.45, 2.75) is 18.8 Å². The zero-order valence-electron chi connectivity index (χ0n) is 15.4. The molecule has 0 bridgehead atoms. The predicted octanol–water partition coefficient (Wildman–Crippen LogP) is 2.72. The van der Waals surface area contributed by atoms with Crippen LogP contribution in [0.1, 0.15) is 22.8 Å². The zero-order valence-corrected chi connectivity index (χ0v) is 15.4. The number of aromatic nitrogens is 3. The molecule has 0 aliphatic carbocycles. The summed E-state index contributed by atoms with van der Waals surface area (Å²) in [4.78, 5) is 31.3. The van der Waals surface area contributed by atoms with Crippen LogP contribution in [-0.4, -0.2) is 44.4 Å². The van der Waals surface area contributed by atoms with E-state index in [2.05, 4.69) is 9.72 Å². The van der Waals surface area contributed by atoms with Gasteiger partial charge < -0.3 is 9.64 Å². The Kier molecular flexibility index (Phi) is 4.56. The van der Waals surface area contributed by atoms with E-state index in [1.807, 2.05) is 6.07 Å². The van der Waals surface area contributed by atoms with Gasteiger partial charge in [-0.1, -0.05) is 0 Å². The molecule has 3 aromatic rings. The molecular weight excluding hydrogens is 389 g/mol. The fourth-order valence-electron chi connectivity index (χ4n) is 3.64. The lowest BCUT2D eigenvalue weighted by Crippen LogP contribution is -2.31. The van der Waals surface area contributed by atoms with Gasteiger partial charge in [0.05, 0.1) is 11.6 Å². The maximum Gasteiger partial charge on any atom is 0.573 e. The van der Waals surface area contributed by atoms with E-state index < -0.39 is 6.36 Å². The van der Waals surface area contributed by atoms with Crippen LogP contribution in [0, 0.1) is 0 Å². The average molecular weight is 406 g/mol. The first kappa shape index (κ1) is 19.0. The van der Waals surface area contributed by atoms with E-state index in [1.165, 1.54) is 16.7 Å². The number of carbonyl (C=O) groups is 1. The number of halogens is 3. The standard InChI is InChI=1S/C19H17F3N4O3/c1-24-15-3-2-9-23-16(15)26(18(24)28)13-8-10-25(11-13)17(27)12-4-6-14(7-5-12)29-19(20,21)22/h2-7,9,13H,8,10-11H2,1H3/t13-/m1/s1. The van der Waals surface area contributed by atoms with Crippen molar-refractivity contribution < 1.29 is 22.7 Å². The average Bonchev–Trinajstić information content (AvgIpc) is 3.25. The summed E-state index contributed by atoms with van der Waals surface area (Å²) in [7, 11) is 1.67. The third-order valence-electron chi connectivity index (χ3n) is 5.00. The Labute approximate surface area is 162 Å². The van der Waals surface area contributed by atoms with Crippen molar-refractivity contribution in [1.82, 2.24) is 19.0 Å². The molecule has 1 aliphatic heterocycles. The van der Waals surface area contributed by atoms with Gasteiger partial charge >= 0.3 is 12.1 Å². The Morgan fingerprint density at radius 2 is 1.93 bits per heavy atom. The minimum atomic E-state index is -4.78. The molecule has 2 aromatic heterocycles. The highest BCUT2D eigenvalue weighted by Crippen LogP contribution is 2.27. The molecule has 0 spiro atoms. The molecule has 0 radical (unpaired) electrons. The second-order valence-electron chi connectivity index (χ2n) is 6.82. The SMILES string of the molecule is Cn1c(=O)n([C@@H]2CCN(C(=O)c3ccc(OC(F)(F)F)cc3)C2)c2ncccc21. The number of hydrogen-bond donors (Lipinski definition) is 0. The first-order valence-electron chi connectivity index (χ1n) is 8.91. The molecule has 0 saturated carbocycles. The fourth-order valence-corrected chi connectivity index (χ4v) is 3.64. The quantitative estimate of drug-likeness (QED) is 0.671. The van der Waals surface area contributed by atoms with E-state index in [9.17, 15) is 22.8 Å². The van der Waals surface area contributed by atoms with Gasteiger partial charge in [0.1, 0.15) is 5.75 Å². The van der Waals surface area contributed by atoms with Gasteiger partial charge in [0.2, 0.25) is 0 Å². The summed E-state index contributed by atoms with van der Waals surface area (Å²) in [6.07, 6.45) is -2.59. The van der Waals surface area contributed by atoms with Crippen LogP contribution in [0.5, 0.6) is 5.75 Å². The van der Waals surface area contributed by atoms with Crippen molar-refractivity contribution in [3.05, 3.63) is 58.6 Å². The number of rotatable bonds is 3. The number of hydrogen-bond acceptors (Lipinski definition) is 4. The van der Waals surface area contributed by atoms with Crippen LogP contribution in [0.25, 0.3) is 11.2 Å². The molecule has 1 amide bonds. The molecule has 29 heavy (non-hydrogen) atoms. The lowest BCUT2D eigenvalue weighted by atomic mass is 10.2. The molecule has 0 unspecified atom stereocenters. The molecule has 152 valence electrons. The lowest BCUT2D eigenvalue weighted by Gasteiger charge is -2.17. The number of ether oxygens (including phenoxy) is 1. The van der Waals surface area contributed by atoms with Gasteiger partial charge in [-0.2, -0.15) is 0 Å². The molecule has 0 N–H and O–H groups in total. The summed E-state index contributed by atoms with van der Waals surface area (Å²) in [5.41, 5.74) is 1.32. The number of amides is 1. The van der Waals surface area contributed by atoms with Gasteiger partial charge in [0.25, 0.3) is 5.91 Å². The summed E-state index contributed by atoms with van der Waals surface area (Å²) < 4.78 is 43.7. The first-order chi connectivity index (χ1) is 13.7. The number of alkyl halides is 3. The van der Waals surface area contributed by atoms with E-state index in [4.69, 9.17) is 0 Å². The molecule has 3 heterocycles. The Morgan fingerprint density at radius 1 is 1.21 bits per heavy atom. The monoisotopic (exact) mass is 406 g/mol. The third kappa shape index (κ3) is 3.57. The van der Waals surface area contributed by atoms with Gasteiger partial charge in [-0.15, -0.1) is 13.2 Å². The molecule has 10 heteroatoms. The highest BCUT2D eigenvalue weighted by Gasteiger charge is 2.32. The van der Waals surface area contributed by atoms with Crippen LogP contribution in [0.3, 0.4) is 0 Å². The Hall–Kier alpha value is -3.30. The van der Waals surface area contributed by atoms with Gasteiger partial charge in [-0.05, 0) is 42.8 Å². The Bertz CT molecular complexity index is 1120. The van der Waals surface area contributed by atoms with Crippen LogP contribution in [-0.2, 0) is 7.05 Å². The fraction of sp³-hybridized carbons (Fsp3) is 0.316. The van der Waals surface area contributed by atoms with Crippen LogP contribution < -0.4 is 10.4 Å². The van der Waals surface area contributed by atoms with E-state index in [-0.39, 0.29) is 29.0 Å². The summed E-state index contributed by atoms with van der Waals surface area (Å²) in [6, 6.07) is 8.13. The van der Waals surface area contributed by atoms with Crippen LogP contribution in [0.2, 0.25) is 0 Å². The highest BCUT2D eigenvalue weighted by molar-refractivity contribution is 5.94. The predicted molar refractivity (Wildman–Crippen MR) is 97.7 cm³/mol. The maximum atomic E-state index is 12.7. The van der Waals surface area contributed by atoms with Gasteiger partial charge in [0, 0.05) is 31.9 Å². The first-order valence-corrected chi connectivity index (χ1v) is 8.91. The van der Waals surface area contributed by atoms with Crippen molar-refractivity contribution in [3.8, 4) is 5.75 Å². The van der Waals surface area contributed by atoms with E-state index >= 15 is 0 Å². The number of nitrogens with zero attached hydrogens (tertiary/aromatic N) is 4. The van der Waals surface area contributed by atoms with Crippen molar-refractivity contribution in [3.63, 3.8) is 0 Å². The molecule has 4 rings (SSSR count). The molecule has 1 aromatic carbocycles. The number of likely N-dealkylation sites (tertiary alicyclic amines) is 1. The summed E-state index contributed by atoms with van der Waals surface area (Å²) in [6.45, 7) is 0.745. The number of imidazole rings is 1. The third-order valence-corrected chi connectivity index (χ3v) is 5.00. The van der Waals surface area contributed by atoms with E-state index in [0.717, 1.165) is 12.1 Å². The van der Waals surface area contributed by atoms with Crippen molar-refractivity contribution >= 4 is 17.1 Å². The summed E-state index contributed by atoms with van der Waals surface area (Å²) in [5, 5.41) is 0. The number of benzene rings is 1. The van der Waals surface area contributed by atoms with E-state index in [0.29, 0.717) is 30.7 Å². The number of pyridine rings is 1. The van der Waals surface area contributed by atoms with Crippen molar-refractivity contribution in [2.75, 3.05) is 13.1 Å². The van der Waals surface area contributed by atoms with Crippen LogP contribution in [0.15, 0.2) is 47.4 Å². The normalized spacial score (nSPS) is 17.1. The smallest absolute Gasteiger partial charge is 0.406 e. The second kappa shape index (κ2) is 6.94. The molecule has 1 fully saturated rings. The second-order valence-corrected chi connectivity index (χ2v) is 6.82. The van der Waals surface area contributed by atoms with Gasteiger partial charge in [-0.3, -0.25) is 13.9 Å². The highest BCUT2D eigenvalue weighted by atomic mass is 19.4. The lowest BCUT2D eigenvalue weighted by molar-refractivity contribution is -0.274. The molecule has 1 aliphatic rings. The van der Waals surface area contributed by atoms with Crippen LogP contribution >= 0.6 is 0 Å². The van der Waals surface area contributed by atoms with Gasteiger partial charge in [0.15, 0.2) is 5.65 Å². The van der Waals surface area contributed by atoms with E-state index in [1.54, 1.807) is 28.8 Å². The minimum absolute atomic E-state index is 0.202. The number of carbonyl (C=O) groups excluding carboxylic acids is 1.